The van der Waals surface area contributed by atoms with Crippen molar-refractivity contribution in [1.29, 1.82) is 0 Å². The Hall–Kier alpha value is -2.64. The summed E-state index contributed by atoms with van der Waals surface area (Å²) in [7, 11) is -3.73. The Labute approximate surface area is 251 Å². The molecule has 0 bridgehead atoms. The second kappa shape index (κ2) is 11.1. The first-order valence-corrected chi connectivity index (χ1v) is 17.5. The molecule has 1 saturated heterocycles. The Morgan fingerprint density at radius 1 is 0.929 bits per heavy atom. The molecule has 226 valence electrons. The highest BCUT2D eigenvalue weighted by Crippen LogP contribution is 2.45. The van der Waals surface area contributed by atoms with E-state index in [2.05, 4.69) is 27.2 Å². The molecule has 0 atom stereocenters. The number of carbonyl (C=O) groups excluding carboxylic acids is 1. The lowest BCUT2D eigenvalue weighted by molar-refractivity contribution is -0.0155. The topological polar surface area (TPSA) is 71.4 Å². The molecule has 2 aliphatic carbocycles. The normalized spacial score (nSPS) is 19.8. The van der Waals surface area contributed by atoms with Crippen LogP contribution in [0.25, 0.3) is 22.0 Å². The highest BCUT2D eigenvalue weighted by atomic mass is 32.2. The van der Waals surface area contributed by atoms with Gasteiger partial charge in [0.1, 0.15) is 0 Å². The van der Waals surface area contributed by atoms with E-state index in [4.69, 9.17) is 0 Å². The van der Waals surface area contributed by atoms with E-state index < -0.39 is 15.6 Å². The SMILES string of the molecule is Cc1c(C(=O)N2CC3(CCCCC3)C2)cc(-c2ccc(S(=O)(=O)NC(C)(C)C)c3ccccc23)n1CC1CCCCC1. The Bertz CT molecular complexity index is 1580. The first kappa shape index (κ1) is 29.4. The minimum atomic E-state index is -3.73. The van der Waals surface area contributed by atoms with Crippen LogP contribution in [0.5, 0.6) is 0 Å². The Kier molecular flexibility index (Phi) is 7.80. The standard InChI is InChI=1S/C35H47N3O3S/c1-25-30(33(39)37-23-35(24-37)19-11-6-12-20-35)21-31(38(25)22-26-13-7-5-8-14-26)28-17-18-32(29-16-10-9-15-27(28)29)42(40,41)36-34(2,3)4/h9-10,15-18,21,26,36H,5-8,11-14,19-20,22-24H2,1-4H3. The van der Waals surface area contributed by atoms with Crippen LogP contribution in [0.2, 0.25) is 0 Å². The number of hydrogen-bond donors (Lipinski definition) is 1. The smallest absolute Gasteiger partial charge is 0.255 e. The molecule has 3 fully saturated rings. The van der Waals surface area contributed by atoms with E-state index in [-0.39, 0.29) is 10.8 Å². The fourth-order valence-corrected chi connectivity index (χ4v) is 9.46. The molecule has 0 radical (unpaired) electrons. The highest BCUT2D eigenvalue weighted by Gasteiger charge is 2.46. The molecule has 1 amide bonds. The number of amides is 1. The van der Waals surface area contributed by atoms with Crippen molar-refractivity contribution < 1.29 is 13.2 Å². The number of carbonyl (C=O) groups is 1. The number of nitrogens with one attached hydrogen (secondary N) is 1. The monoisotopic (exact) mass is 589 g/mol. The zero-order valence-corrected chi connectivity index (χ0v) is 26.7. The van der Waals surface area contributed by atoms with Crippen LogP contribution in [0.3, 0.4) is 0 Å². The molecule has 6 rings (SSSR count). The number of likely N-dealkylation sites (tertiary alicyclic amines) is 1. The Balaban J connectivity index is 1.42. The third-order valence-electron chi connectivity index (χ3n) is 9.91. The van der Waals surface area contributed by atoms with Gasteiger partial charge in [-0.2, -0.15) is 0 Å². The number of fused-ring (bicyclic) bond motifs is 1. The van der Waals surface area contributed by atoms with Crippen LogP contribution in [-0.4, -0.2) is 42.4 Å². The van der Waals surface area contributed by atoms with Crippen LogP contribution in [0.1, 0.15) is 101 Å². The number of rotatable bonds is 6. The fourth-order valence-electron chi connectivity index (χ4n) is 7.83. The number of hydrogen-bond acceptors (Lipinski definition) is 3. The molecular weight excluding hydrogens is 542 g/mol. The van der Waals surface area contributed by atoms with Gasteiger partial charge in [0, 0.05) is 52.9 Å². The summed E-state index contributed by atoms with van der Waals surface area (Å²) in [4.78, 5) is 16.3. The lowest BCUT2D eigenvalue weighted by Crippen LogP contribution is -2.59. The predicted molar refractivity (Wildman–Crippen MR) is 170 cm³/mol. The predicted octanol–water partition coefficient (Wildman–Crippen LogP) is 7.68. The first-order chi connectivity index (χ1) is 20.0. The average Bonchev–Trinajstić information content (AvgIpc) is 3.25. The van der Waals surface area contributed by atoms with Gasteiger partial charge in [-0.3, -0.25) is 4.79 Å². The number of sulfonamides is 1. The number of aromatic nitrogens is 1. The van der Waals surface area contributed by atoms with Crippen molar-refractivity contribution in [2.75, 3.05) is 13.1 Å². The van der Waals surface area contributed by atoms with Crippen LogP contribution in [0, 0.1) is 18.3 Å². The molecular formula is C35H47N3O3S. The van der Waals surface area contributed by atoms with Crippen molar-refractivity contribution in [2.24, 2.45) is 11.3 Å². The molecule has 1 N–H and O–H groups in total. The second-order valence-corrected chi connectivity index (χ2v) is 16.0. The van der Waals surface area contributed by atoms with Crippen molar-refractivity contribution in [1.82, 2.24) is 14.2 Å². The lowest BCUT2D eigenvalue weighted by Gasteiger charge is -2.52. The van der Waals surface area contributed by atoms with Gasteiger partial charge in [-0.15, -0.1) is 0 Å². The van der Waals surface area contributed by atoms with Crippen molar-refractivity contribution in [2.45, 2.75) is 109 Å². The van der Waals surface area contributed by atoms with Gasteiger partial charge in [-0.1, -0.05) is 68.9 Å². The third-order valence-corrected chi connectivity index (χ3v) is 11.7. The van der Waals surface area contributed by atoms with E-state index in [9.17, 15) is 13.2 Å². The third kappa shape index (κ3) is 5.67. The van der Waals surface area contributed by atoms with Gasteiger partial charge < -0.3 is 9.47 Å². The van der Waals surface area contributed by atoms with Crippen molar-refractivity contribution in [3.05, 3.63) is 53.7 Å². The summed E-state index contributed by atoms with van der Waals surface area (Å²) in [5, 5.41) is 1.59. The summed E-state index contributed by atoms with van der Waals surface area (Å²) >= 11 is 0. The van der Waals surface area contributed by atoms with Crippen molar-refractivity contribution >= 4 is 26.7 Å². The van der Waals surface area contributed by atoms with Crippen molar-refractivity contribution in [3.8, 4) is 11.3 Å². The summed E-state index contributed by atoms with van der Waals surface area (Å²) in [5.41, 5.74) is 3.56. The number of benzene rings is 2. The Morgan fingerprint density at radius 2 is 1.57 bits per heavy atom. The molecule has 6 nitrogen and oxygen atoms in total. The molecule has 2 aromatic carbocycles. The second-order valence-electron chi connectivity index (χ2n) is 14.4. The van der Waals surface area contributed by atoms with Gasteiger partial charge in [-0.25, -0.2) is 13.1 Å². The molecule has 3 aromatic rings. The quantitative estimate of drug-likeness (QED) is 0.321. The van der Waals surface area contributed by atoms with Crippen LogP contribution < -0.4 is 4.72 Å². The molecule has 2 heterocycles. The van der Waals surface area contributed by atoms with E-state index >= 15 is 0 Å². The minimum absolute atomic E-state index is 0.144. The molecule has 1 spiro atoms. The molecule has 42 heavy (non-hydrogen) atoms. The van der Waals surface area contributed by atoms with E-state index in [0.29, 0.717) is 16.7 Å². The zero-order chi connectivity index (χ0) is 29.7. The minimum Gasteiger partial charge on any atom is -0.344 e. The largest absolute Gasteiger partial charge is 0.344 e. The van der Waals surface area contributed by atoms with E-state index in [1.54, 1.807) is 6.07 Å². The van der Waals surface area contributed by atoms with Gasteiger partial charge >= 0.3 is 0 Å². The van der Waals surface area contributed by atoms with E-state index in [1.807, 2.05) is 51.1 Å². The summed E-state index contributed by atoms with van der Waals surface area (Å²) < 4.78 is 32.1. The molecule has 3 aliphatic rings. The maximum atomic E-state index is 14.0. The van der Waals surface area contributed by atoms with Crippen molar-refractivity contribution in [3.63, 3.8) is 0 Å². The number of nitrogens with zero attached hydrogens (tertiary/aromatic N) is 2. The van der Waals surface area contributed by atoms with E-state index in [1.165, 1.54) is 64.2 Å². The van der Waals surface area contributed by atoms with Gasteiger partial charge in [0.25, 0.3) is 5.91 Å². The van der Waals surface area contributed by atoms with Crippen LogP contribution in [0.15, 0.2) is 47.4 Å². The van der Waals surface area contributed by atoms with Crippen LogP contribution >= 0.6 is 0 Å². The fraction of sp³-hybridized carbons (Fsp3) is 0.571. The summed E-state index contributed by atoms with van der Waals surface area (Å²) in [5.74, 6) is 0.730. The summed E-state index contributed by atoms with van der Waals surface area (Å²) in [6, 6.07) is 13.6. The molecule has 1 aromatic heterocycles. The van der Waals surface area contributed by atoms with E-state index in [0.717, 1.165) is 47.5 Å². The molecule has 0 unspecified atom stereocenters. The highest BCUT2D eigenvalue weighted by molar-refractivity contribution is 7.89. The van der Waals surface area contributed by atoms with Gasteiger partial charge in [0.15, 0.2) is 0 Å². The first-order valence-electron chi connectivity index (χ1n) is 16.0. The summed E-state index contributed by atoms with van der Waals surface area (Å²) in [6.07, 6.45) is 12.6. The van der Waals surface area contributed by atoms with Crippen LogP contribution in [-0.2, 0) is 16.6 Å². The lowest BCUT2D eigenvalue weighted by atomic mass is 9.68. The molecule has 2 saturated carbocycles. The maximum Gasteiger partial charge on any atom is 0.255 e. The van der Waals surface area contributed by atoms with Gasteiger partial charge in [0.2, 0.25) is 10.0 Å². The maximum absolute atomic E-state index is 14.0. The van der Waals surface area contributed by atoms with Gasteiger partial charge in [0.05, 0.1) is 10.5 Å². The molecule has 7 heteroatoms. The van der Waals surface area contributed by atoms with Crippen LogP contribution in [0.4, 0.5) is 0 Å². The van der Waals surface area contributed by atoms with Gasteiger partial charge in [-0.05, 0) is 76.8 Å². The zero-order valence-electron chi connectivity index (χ0n) is 25.8. The summed E-state index contributed by atoms with van der Waals surface area (Å²) in [6.45, 7) is 10.3. The molecule has 1 aliphatic heterocycles. The Morgan fingerprint density at radius 3 is 2.24 bits per heavy atom. The average molecular weight is 590 g/mol.